The van der Waals surface area contributed by atoms with E-state index in [4.69, 9.17) is 9.47 Å². The quantitative estimate of drug-likeness (QED) is 0.593. The minimum Gasteiger partial charge on any atom is -0.454 e. The Morgan fingerprint density at radius 2 is 1.94 bits per heavy atom. The molecule has 2 N–H and O–H groups in total. The SMILES string of the molecule is O=C(NCCN1CCN(C(=O)c2cc(-c3ccc4c(c3)OCO4)n[nH]2)CC1)c1cccs1. The van der Waals surface area contributed by atoms with Gasteiger partial charge in [0.15, 0.2) is 11.5 Å². The molecule has 0 aliphatic carbocycles. The van der Waals surface area contributed by atoms with E-state index in [0.717, 1.165) is 30.1 Å². The average Bonchev–Trinajstić information content (AvgIpc) is 3.60. The smallest absolute Gasteiger partial charge is 0.271 e. The maximum absolute atomic E-state index is 12.9. The summed E-state index contributed by atoms with van der Waals surface area (Å²) in [5.41, 5.74) is 2.01. The summed E-state index contributed by atoms with van der Waals surface area (Å²) in [6.45, 7) is 4.37. The van der Waals surface area contributed by atoms with Gasteiger partial charge < -0.3 is 19.7 Å². The number of amides is 2. The molecule has 2 amide bonds. The van der Waals surface area contributed by atoms with E-state index in [0.29, 0.717) is 42.5 Å². The van der Waals surface area contributed by atoms with Crippen LogP contribution < -0.4 is 14.8 Å². The van der Waals surface area contributed by atoms with Gasteiger partial charge in [-0.2, -0.15) is 5.10 Å². The molecule has 9 nitrogen and oxygen atoms in total. The maximum atomic E-state index is 12.9. The van der Waals surface area contributed by atoms with Crippen LogP contribution in [0.4, 0.5) is 0 Å². The summed E-state index contributed by atoms with van der Waals surface area (Å²) < 4.78 is 10.8. The predicted octanol–water partition coefficient (Wildman–Crippen LogP) is 2.05. The highest BCUT2D eigenvalue weighted by molar-refractivity contribution is 7.12. The third-order valence-electron chi connectivity index (χ3n) is 5.59. The van der Waals surface area contributed by atoms with Crippen LogP contribution in [0.15, 0.2) is 41.8 Å². The lowest BCUT2D eigenvalue weighted by atomic mass is 10.1. The van der Waals surface area contributed by atoms with Gasteiger partial charge >= 0.3 is 0 Å². The van der Waals surface area contributed by atoms with Crippen LogP contribution in [0.1, 0.15) is 20.2 Å². The van der Waals surface area contributed by atoms with Crippen LogP contribution in [-0.2, 0) is 0 Å². The third kappa shape index (κ3) is 4.32. The highest BCUT2D eigenvalue weighted by Gasteiger charge is 2.24. The number of H-pyrrole nitrogens is 1. The van der Waals surface area contributed by atoms with E-state index in [2.05, 4.69) is 20.4 Å². The van der Waals surface area contributed by atoms with E-state index in [1.165, 1.54) is 11.3 Å². The Morgan fingerprint density at radius 3 is 2.75 bits per heavy atom. The zero-order chi connectivity index (χ0) is 21.9. The highest BCUT2D eigenvalue weighted by Crippen LogP contribution is 2.35. The van der Waals surface area contributed by atoms with Gasteiger partial charge in [0.2, 0.25) is 6.79 Å². The summed E-state index contributed by atoms with van der Waals surface area (Å²) in [5.74, 6) is 1.30. The molecule has 166 valence electrons. The van der Waals surface area contributed by atoms with Gasteiger partial charge in [-0.25, -0.2) is 0 Å². The van der Waals surface area contributed by atoms with Gasteiger partial charge in [0.1, 0.15) is 5.69 Å². The van der Waals surface area contributed by atoms with Crippen molar-refractivity contribution in [1.82, 2.24) is 25.3 Å². The highest BCUT2D eigenvalue weighted by atomic mass is 32.1. The molecule has 1 fully saturated rings. The predicted molar refractivity (Wildman–Crippen MR) is 119 cm³/mol. The summed E-state index contributed by atoms with van der Waals surface area (Å²) in [6.07, 6.45) is 0. The summed E-state index contributed by atoms with van der Waals surface area (Å²) >= 11 is 1.43. The lowest BCUT2D eigenvalue weighted by Gasteiger charge is -2.34. The van der Waals surface area contributed by atoms with Gasteiger partial charge in [-0.15, -0.1) is 11.3 Å². The van der Waals surface area contributed by atoms with Crippen molar-refractivity contribution in [3.63, 3.8) is 0 Å². The molecule has 0 atom stereocenters. The Morgan fingerprint density at radius 1 is 1.09 bits per heavy atom. The van der Waals surface area contributed by atoms with Crippen molar-refractivity contribution in [2.45, 2.75) is 0 Å². The Kier molecular flexibility index (Phi) is 5.78. The lowest BCUT2D eigenvalue weighted by Crippen LogP contribution is -2.50. The molecule has 0 bridgehead atoms. The number of hydrogen-bond donors (Lipinski definition) is 2. The van der Waals surface area contributed by atoms with Crippen molar-refractivity contribution in [2.24, 2.45) is 0 Å². The summed E-state index contributed by atoms with van der Waals surface area (Å²) in [7, 11) is 0. The number of aromatic nitrogens is 2. The number of rotatable bonds is 6. The molecule has 3 aromatic rings. The number of hydrogen-bond acceptors (Lipinski definition) is 7. The van der Waals surface area contributed by atoms with E-state index < -0.39 is 0 Å². The minimum absolute atomic E-state index is 0.0358. The van der Waals surface area contributed by atoms with Crippen molar-refractivity contribution < 1.29 is 19.1 Å². The largest absolute Gasteiger partial charge is 0.454 e. The maximum Gasteiger partial charge on any atom is 0.271 e. The molecule has 2 aliphatic rings. The molecular weight excluding hydrogens is 430 g/mol. The number of fused-ring (bicyclic) bond motifs is 1. The van der Waals surface area contributed by atoms with Gasteiger partial charge in [-0.3, -0.25) is 19.6 Å². The second-order valence-electron chi connectivity index (χ2n) is 7.60. The third-order valence-corrected chi connectivity index (χ3v) is 6.46. The fourth-order valence-electron chi connectivity index (χ4n) is 3.80. The molecule has 0 unspecified atom stereocenters. The first kappa shape index (κ1) is 20.5. The molecule has 32 heavy (non-hydrogen) atoms. The number of thiophene rings is 1. The molecule has 4 heterocycles. The Bertz CT molecular complexity index is 1110. The van der Waals surface area contributed by atoms with Crippen LogP contribution in [0, 0.1) is 0 Å². The van der Waals surface area contributed by atoms with E-state index in [1.807, 2.05) is 40.6 Å². The Hall–Kier alpha value is -3.37. The van der Waals surface area contributed by atoms with Crippen molar-refractivity contribution >= 4 is 23.2 Å². The van der Waals surface area contributed by atoms with Gasteiger partial charge in [0.25, 0.3) is 11.8 Å². The molecule has 1 aromatic carbocycles. The number of carbonyl (C=O) groups is 2. The molecule has 1 saturated heterocycles. The van der Waals surface area contributed by atoms with E-state index in [1.54, 1.807) is 6.07 Å². The summed E-state index contributed by atoms with van der Waals surface area (Å²) in [5, 5.41) is 12.0. The lowest BCUT2D eigenvalue weighted by molar-refractivity contribution is 0.0632. The molecule has 0 radical (unpaired) electrons. The topological polar surface area (TPSA) is 99.8 Å². The van der Waals surface area contributed by atoms with Crippen LogP contribution in [0.25, 0.3) is 11.3 Å². The molecule has 5 rings (SSSR count). The van der Waals surface area contributed by atoms with Crippen LogP contribution in [0.5, 0.6) is 11.5 Å². The normalized spacial score (nSPS) is 15.7. The first-order chi connectivity index (χ1) is 15.7. The minimum atomic E-state index is -0.0601. The van der Waals surface area contributed by atoms with Crippen LogP contribution >= 0.6 is 11.3 Å². The van der Waals surface area contributed by atoms with Crippen LogP contribution in [-0.4, -0.2) is 77.9 Å². The first-order valence-corrected chi connectivity index (χ1v) is 11.3. The first-order valence-electron chi connectivity index (χ1n) is 10.5. The Balaban J connectivity index is 1.11. The monoisotopic (exact) mass is 453 g/mol. The number of benzene rings is 1. The number of nitrogens with zero attached hydrogens (tertiary/aromatic N) is 3. The zero-order valence-corrected chi connectivity index (χ0v) is 18.2. The second-order valence-corrected chi connectivity index (χ2v) is 8.55. The Labute approximate surface area is 188 Å². The number of nitrogens with one attached hydrogen (secondary N) is 2. The standard InChI is InChI=1S/C22H23N5O4S/c28-21(20-2-1-11-32-20)23-5-6-26-7-9-27(10-8-26)22(29)17-13-16(24-25-17)15-3-4-18-19(12-15)31-14-30-18/h1-4,11-13H,5-10,14H2,(H,23,28)(H,24,25). The van der Waals surface area contributed by atoms with Gasteiger partial charge in [-0.05, 0) is 35.7 Å². The number of piperazine rings is 1. The van der Waals surface area contributed by atoms with Gasteiger partial charge in [0.05, 0.1) is 10.6 Å². The summed E-state index contributed by atoms with van der Waals surface area (Å²) in [4.78, 5) is 29.7. The summed E-state index contributed by atoms with van der Waals surface area (Å²) in [6, 6.07) is 11.1. The van der Waals surface area contributed by atoms with Crippen LogP contribution in [0.2, 0.25) is 0 Å². The number of carbonyl (C=O) groups excluding carboxylic acids is 2. The van der Waals surface area contributed by atoms with Crippen molar-refractivity contribution in [3.05, 3.63) is 52.3 Å². The molecule has 0 spiro atoms. The molecule has 10 heteroatoms. The van der Waals surface area contributed by atoms with Crippen molar-refractivity contribution in [2.75, 3.05) is 46.1 Å². The second kappa shape index (κ2) is 9.01. The van der Waals surface area contributed by atoms with Crippen LogP contribution in [0.3, 0.4) is 0 Å². The molecule has 2 aliphatic heterocycles. The fraction of sp³-hybridized carbons (Fsp3) is 0.318. The molecule has 2 aromatic heterocycles. The van der Waals surface area contributed by atoms with Crippen molar-refractivity contribution in [1.29, 1.82) is 0 Å². The fourth-order valence-corrected chi connectivity index (χ4v) is 4.44. The van der Waals surface area contributed by atoms with Gasteiger partial charge in [0, 0.05) is 44.8 Å². The zero-order valence-electron chi connectivity index (χ0n) is 17.4. The molecular formula is C22H23N5O4S. The number of aromatic amines is 1. The van der Waals surface area contributed by atoms with E-state index >= 15 is 0 Å². The van der Waals surface area contributed by atoms with Crippen molar-refractivity contribution in [3.8, 4) is 22.8 Å². The molecule has 0 saturated carbocycles. The van der Waals surface area contributed by atoms with E-state index in [9.17, 15) is 9.59 Å². The average molecular weight is 454 g/mol. The van der Waals surface area contributed by atoms with E-state index in [-0.39, 0.29) is 18.6 Å². The number of ether oxygens (including phenoxy) is 2. The van der Waals surface area contributed by atoms with Gasteiger partial charge in [-0.1, -0.05) is 6.07 Å².